The molecule has 3 rings (SSSR count). The van der Waals surface area contributed by atoms with Crippen LogP contribution in [0.3, 0.4) is 0 Å². The fraction of sp³-hybridized carbons (Fsp3) is 0.368. The normalized spacial score (nSPS) is 22.2. The highest BCUT2D eigenvalue weighted by atomic mass is 16.6. The highest BCUT2D eigenvalue weighted by Gasteiger charge is 2.43. The van der Waals surface area contributed by atoms with E-state index in [0.717, 1.165) is 5.70 Å². The lowest BCUT2D eigenvalue weighted by Gasteiger charge is -2.37. The molecule has 7 nitrogen and oxygen atoms in total. The van der Waals surface area contributed by atoms with Crippen LogP contribution < -0.4 is 5.32 Å². The van der Waals surface area contributed by atoms with E-state index in [1.807, 2.05) is 6.08 Å². The standard InChI is InChI=1S/C19H20N2O5/c1-3-26-19(23)16-11(2)20-14-8-5-9-15(22)18(14)17(16)12-6-4-7-13(10-12)21(24)25/h4,6-8,10,17-18,20H,3,5,9H2,1-2H3. The van der Waals surface area contributed by atoms with Gasteiger partial charge in [-0.05, 0) is 25.8 Å². The highest BCUT2D eigenvalue weighted by Crippen LogP contribution is 2.44. The first kappa shape index (κ1) is 17.8. The molecule has 0 saturated heterocycles. The number of ketones is 1. The number of nitro benzene ring substituents is 1. The molecular formula is C19H20N2O5. The topological polar surface area (TPSA) is 98.5 Å². The average Bonchev–Trinajstić information content (AvgIpc) is 2.61. The Morgan fingerprint density at radius 2 is 2.15 bits per heavy atom. The molecule has 0 radical (unpaired) electrons. The zero-order valence-corrected chi connectivity index (χ0v) is 14.7. The van der Waals surface area contributed by atoms with E-state index in [4.69, 9.17) is 4.74 Å². The summed E-state index contributed by atoms with van der Waals surface area (Å²) >= 11 is 0. The van der Waals surface area contributed by atoms with E-state index in [0.29, 0.717) is 29.7 Å². The van der Waals surface area contributed by atoms with Crippen molar-refractivity contribution >= 4 is 17.4 Å². The Bertz CT molecular complexity index is 840. The average molecular weight is 356 g/mol. The van der Waals surface area contributed by atoms with Gasteiger partial charge in [0.05, 0.1) is 23.0 Å². The van der Waals surface area contributed by atoms with E-state index in [9.17, 15) is 19.7 Å². The van der Waals surface area contributed by atoms with Crippen molar-refractivity contribution in [1.82, 2.24) is 5.32 Å². The molecule has 1 heterocycles. The predicted molar refractivity (Wildman–Crippen MR) is 94.1 cm³/mol. The van der Waals surface area contributed by atoms with Crippen molar-refractivity contribution < 1.29 is 19.2 Å². The molecular weight excluding hydrogens is 336 g/mol. The van der Waals surface area contributed by atoms with Gasteiger partial charge in [0.1, 0.15) is 5.78 Å². The van der Waals surface area contributed by atoms with Crippen LogP contribution in [-0.2, 0) is 14.3 Å². The number of carbonyl (C=O) groups excluding carboxylic acids is 2. The molecule has 1 aliphatic heterocycles. The molecule has 0 fully saturated rings. The van der Waals surface area contributed by atoms with E-state index >= 15 is 0 Å². The maximum atomic E-state index is 12.7. The number of hydrogen-bond donors (Lipinski definition) is 1. The van der Waals surface area contributed by atoms with Gasteiger partial charge < -0.3 is 10.1 Å². The summed E-state index contributed by atoms with van der Waals surface area (Å²) in [6.07, 6.45) is 2.99. The molecule has 0 aromatic heterocycles. The van der Waals surface area contributed by atoms with Crippen LogP contribution in [-0.4, -0.2) is 23.3 Å². The third kappa shape index (κ3) is 3.12. The van der Waals surface area contributed by atoms with Crippen LogP contribution in [0.2, 0.25) is 0 Å². The van der Waals surface area contributed by atoms with Gasteiger partial charge in [-0.2, -0.15) is 0 Å². The first-order valence-electron chi connectivity index (χ1n) is 8.56. The molecule has 7 heteroatoms. The number of carbonyl (C=O) groups is 2. The van der Waals surface area contributed by atoms with Crippen molar-refractivity contribution in [3.63, 3.8) is 0 Å². The molecule has 0 spiro atoms. The van der Waals surface area contributed by atoms with Gasteiger partial charge in [-0.1, -0.05) is 18.2 Å². The van der Waals surface area contributed by atoms with Crippen molar-refractivity contribution in [2.75, 3.05) is 6.61 Å². The number of nitro groups is 1. The second-order valence-electron chi connectivity index (χ2n) is 6.36. The molecule has 0 amide bonds. The monoisotopic (exact) mass is 356 g/mol. The van der Waals surface area contributed by atoms with Gasteiger partial charge in [-0.25, -0.2) is 4.79 Å². The number of allylic oxidation sites excluding steroid dienone is 3. The van der Waals surface area contributed by atoms with Crippen LogP contribution in [0, 0.1) is 16.0 Å². The molecule has 2 unspecified atom stereocenters. The minimum atomic E-state index is -0.603. The number of nitrogens with one attached hydrogen (secondary N) is 1. The summed E-state index contributed by atoms with van der Waals surface area (Å²) in [4.78, 5) is 36.0. The largest absolute Gasteiger partial charge is 0.463 e. The Hall–Kier alpha value is -2.96. The lowest BCUT2D eigenvalue weighted by atomic mass is 9.71. The Morgan fingerprint density at radius 3 is 2.85 bits per heavy atom. The maximum absolute atomic E-state index is 12.7. The molecule has 0 bridgehead atoms. The number of esters is 1. The summed E-state index contributed by atoms with van der Waals surface area (Å²) in [6, 6.07) is 6.12. The number of non-ortho nitro benzene ring substituents is 1. The first-order valence-corrected chi connectivity index (χ1v) is 8.56. The van der Waals surface area contributed by atoms with Gasteiger partial charge in [0, 0.05) is 35.9 Å². The lowest BCUT2D eigenvalue weighted by molar-refractivity contribution is -0.384. The Labute approximate surface area is 150 Å². The highest BCUT2D eigenvalue weighted by molar-refractivity contribution is 5.96. The molecule has 1 aliphatic carbocycles. The summed E-state index contributed by atoms with van der Waals surface area (Å²) in [5.41, 5.74) is 2.20. The minimum Gasteiger partial charge on any atom is -0.463 e. The molecule has 2 aliphatic rings. The quantitative estimate of drug-likeness (QED) is 0.506. The van der Waals surface area contributed by atoms with Gasteiger partial charge in [0.2, 0.25) is 0 Å². The minimum absolute atomic E-state index is 0.0146. The van der Waals surface area contributed by atoms with E-state index in [1.165, 1.54) is 12.1 Å². The van der Waals surface area contributed by atoms with E-state index < -0.39 is 22.7 Å². The zero-order chi connectivity index (χ0) is 18.8. The Balaban J connectivity index is 2.18. The fourth-order valence-corrected chi connectivity index (χ4v) is 3.68. The second kappa shape index (κ2) is 7.11. The number of ether oxygens (including phenoxy) is 1. The number of fused-ring (bicyclic) bond motifs is 1. The molecule has 0 saturated carbocycles. The number of rotatable bonds is 4. The number of hydrogen-bond acceptors (Lipinski definition) is 6. The van der Waals surface area contributed by atoms with Gasteiger partial charge >= 0.3 is 5.97 Å². The second-order valence-corrected chi connectivity index (χ2v) is 6.36. The summed E-state index contributed by atoms with van der Waals surface area (Å²) in [5, 5.41) is 14.3. The van der Waals surface area contributed by atoms with Crippen molar-refractivity contribution in [3.8, 4) is 0 Å². The van der Waals surface area contributed by atoms with Gasteiger partial charge in [0.15, 0.2) is 0 Å². The molecule has 1 N–H and O–H groups in total. The van der Waals surface area contributed by atoms with Gasteiger partial charge in [-0.15, -0.1) is 0 Å². The van der Waals surface area contributed by atoms with Crippen molar-refractivity contribution in [1.29, 1.82) is 0 Å². The number of benzene rings is 1. The van der Waals surface area contributed by atoms with Crippen LogP contribution in [0.25, 0.3) is 0 Å². The van der Waals surface area contributed by atoms with Crippen LogP contribution in [0.4, 0.5) is 5.69 Å². The summed E-state index contributed by atoms with van der Waals surface area (Å²) < 4.78 is 5.19. The van der Waals surface area contributed by atoms with Crippen molar-refractivity contribution in [2.24, 2.45) is 5.92 Å². The first-order chi connectivity index (χ1) is 12.4. The van der Waals surface area contributed by atoms with E-state index in [-0.39, 0.29) is 18.1 Å². The summed E-state index contributed by atoms with van der Waals surface area (Å²) in [6.45, 7) is 3.68. The van der Waals surface area contributed by atoms with Gasteiger partial charge in [-0.3, -0.25) is 14.9 Å². The number of nitrogens with zero attached hydrogens (tertiary/aromatic N) is 1. The Kier molecular flexibility index (Phi) is 4.88. The maximum Gasteiger partial charge on any atom is 0.336 e. The van der Waals surface area contributed by atoms with Crippen molar-refractivity contribution in [2.45, 2.75) is 32.6 Å². The molecule has 26 heavy (non-hydrogen) atoms. The van der Waals surface area contributed by atoms with Crippen LogP contribution in [0.1, 0.15) is 38.2 Å². The van der Waals surface area contributed by atoms with E-state index in [2.05, 4.69) is 5.32 Å². The Morgan fingerprint density at radius 1 is 1.38 bits per heavy atom. The molecule has 136 valence electrons. The summed E-state index contributed by atoms with van der Waals surface area (Å²) in [5.74, 6) is -1.66. The smallest absolute Gasteiger partial charge is 0.336 e. The van der Waals surface area contributed by atoms with E-state index in [1.54, 1.807) is 26.0 Å². The molecule has 1 aromatic carbocycles. The third-order valence-electron chi connectivity index (χ3n) is 4.75. The lowest BCUT2D eigenvalue weighted by Crippen LogP contribution is -2.40. The van der Waals surface area contributed by atoms with Crippen LogP contribution in [0.5, 0.6) is 0 Å². The molecule has 1 aromatic rings. The van der Waals surface area contributed by atoms with Gasteiger partial charge in [0.25, 0.3) is 5.69 Å². The third-order valence-corrected chi connectivity index (χ3v) is 4.75. The van der Waals surface area contributed by atoms with Crippen molar-refractivity contribution in [3.05, 3.63) is 63.0 Å². The summed E-state index contributed by atoms with van der Waals surface area (Å²) in [7, 11) is 0. The predicted octanol–water partition coefficient (Wildman–Crippen LogP) is 2.98. The SMILES string of the molecule is CCOC(=O)C1=C(C)NC2=CCCC(=O)C2C1c1cccc([N+](=O)[O-])c1. The number of Topliss-reactive ketones (excluding diaryl/α,β-unsaturated/α-hetero) is 1. The zero-order valence-electron chi connectivity index (χ0n) is 14.7. The van der Waals surface area contributed by atoms with Crippen LogP contribution >= 0.6 is 0 Å². The molecule has 2 atom stereocenters. The fourth-order valence-electron chi connectivity index (χ4n) is 3.68. The van der Waals surface area contributed by atoms with Crippen LogP contribution in [0.15, 0.2) is 47.3 Å².